The van der Waals surface area contributed by atoms with E-state index in [0.717, 1.165) is 57.4 Å². The van der Waals surface area contributed by atoms with Crippen LogP contribution in [0.1, 0.15) is 149 Å². The van der Waals surface area contributed by atoms with Crippen molar-refractivity contribution in [2.24, 2.45) is 11.8 Å². The minimum Gasteiger partial charge on any atom is -0.462 e. The Bertz CT molecular complexity index is 1780. The number of aliphatic hydroxyl groups is 7. The first-order valence-corrected chi connectivity index (χ1v) is 28.8. The number of hydrogen-bond donors (Lipinski definition) is 10. The van der Waals surface area contributed by atoms with Crippen LogP contribution in [0.2, 0.25) is 0 Å². The van der Waals surface area contributed by atoms with Crippen LogP contribution in [0.25, 0.3) is 0 Å². The smallest absolute Gasteiger partial charge is 0.462 e. The maximum Gasteiger partial charge on any atom is 0.472 e. The average molecular weight is 1070 g/mol. The van der Waals surface area contributed by atoms with Crippen molar-refractivity contribution in [3.05, 3.63) is 72.9 Å². The van der Waals surface area contributed by atoms with Crippen LogP contribution in [0.3, 0.4) is 0 Å². The van der Waals surface area contributed by atoms with Crippen LogP contribution in [-0.4, -0.2) is 137 Å². The molecule has 2 rings (SSSR count). The lowest BCUT2D eigenvalue weighted by molar-refractivity contribution is -0.165. The van der Waals surface area contributed by atoms with Gasteiger partial charge in [-0.1, -0.05) is 125 Å². The van der Waals surface area contributed by atoms with E-state index < -0.39 is 120 Å². The molecule has 72 heavy (non-hydrogen) atoms. The van der Waals surface area contributed by atoms with Crippen molar-refractivity contribution in [3.8, 4) is 0 Å². The minimum atomic E-state index is -5.77. The van der Waals surface area contributed by atoms with Gasteiger partial charge in [-0.05, 0) is 77.0 Å². The summed E-state index contributed by atoms with van der Waals surface area (Å²) >= 11 is 0. The first-order chi connectivity index (χ1) is 34.3. The van der Waals surface area contributed by atoms with E-state index in [0.29, 0.717) is 19.3 Å². The van der Waals surface area contributed by atoms with Crippen LogP contribution in [0.5, 0.6) is 0 Å². The van der Waals surface area contributed by atoms with E-state index in [1.807, 2.05) is 6.92 Å². The van der Waals surface area contributed by atoms with Crippen molar-refractivity contribution < 1.29 is 92.2 Å². The fraction of sp³-hybridized carbons (Fsp3) is 0.725. The second-order valence-corrected chi connectivity index (χ2v) is 21.1. The molecule has 2 aliphatic rings. The van der Waals surface area contributed by atoms with Gasteiger partial charge in [0, 0.05) is 31.1 Å². The van der Waals surface area contributed by atoms with Gasteiger partial charge in [-0.2, -0.15) is 0 Å². The van der Waals surface area contributed by atoms with Crippen LogP contribution in [-0.2, 0) is 41.8 Å². The van der Waals surface area contributed by atoms with Gasteiger partial charge in [0.2, 0.25) is 0 Å². The number of rotatable bonds is 26. The Morgan fingerprint density at radius 2 is 1.42 bits per heavy atom. The lowest BCUT2D eigenvalue weighted by Crippen LogP contribution is -2.56. The van der Waals surface area contributed by atoms with Gasteiger partial charge in [0.15, 0.2) is 6.10 Å². The number of ether oxygens (including phenoxy) is 2. The third kappa shape index (κ3) is 28.3. The van der Waals surface area contributed by atoms with Gasteiger partial charge in [-0.3, -0.25) is 23.2 Å². The number of carbonyl (C=O) groups excluding carboxylic acids is 2. The summed E-state index contributed by atoms with van der Waals surface area (Å²) in [6.07, 6.45) is 13.8. The van der Waals surface area contributed by atoms with E-state index in [1.54, 1.807) is 6.08 Å². The van der Waals surface area contributed by atoms with Crippen LogP contribution >= 0.6 is 15.6 Å². The van der Waals surface area contributed by atoms with Crippen molar-refractivity contribution in [2.45, 2.75) is 210 Å². The second kappa shape index (κ2) is 37.1. The number of phosphoric acid groups is 2. The van der Waals surface area contributed by atoms with Gasteiger partial charge in [-0.25, -0.2) is 9.13 Å². The van der Waals surface area contributed by atoms with Crippen molar-refractivity contribution >= 4 is 27.6 Å². The summed E-state index contributed by atoms with van der Waals surface area (Å²) in [6, 6.07) is 0. The normalized spacial score (nSPS) is 30.6. The summed E-state index contributed by atoms with van der Waals surface area (Å²) in [4.78, 5) is 56.8. The molecule has 414 valence electrons. The number of cyclic esters (lactones) is 1. The second-order valence-electron chi connectivity index (χ2n) is 18.5. The predicted molar refractivity (Wildman–Crippen MR) is 271 cm³/mol. The molecule has 2 bridgehead atoms. The number of hydrogen-bond acceptors (Lipinski definition) is 16. The molecule has 0 aromatic rings. The zero-order chi connectivity index (χ0) is 53.4. The first kappa shape index (κ1) is 65.4. The van der Waals surface area contributed by atoms with Crippen molar-refractivity contribution in [2.75, 3.05) is 13.2 Å². The van der Waals surface area contributed by atoms with E-state index in [4.69, 9.17) is 23.0 Å². The fourth-order valence-corrected chi connectivity index (χ4v) is 9.70. The molecule has 0 spiro atoms. The van der Waals surface area contributed by atoms with Crippen LogP contribution < -0.4 is 0 Å². The standard InChI is InChI=1S/C51H86O19P2/c1-3-5-7-8-9-10-11-12-13-14-15-16-17-18-19-20-21-22-27-31-44(55)66-36-39-37-67-72(64,65)70-51-49(60)48(59)46(57)40(30-26-23-24-28-32-45(56)68-39)42(53)35-43(54)41(34-33-38(52)29-25-6-4-2)47(58)50(51)69-71(61,62)63/h9-10,12-13,15-16,18-19,23,26,33-34,38-43,46-54,57-60H,3-8,11,14,17,20-22,24-25,27-32,35-37H2,1-2H3,(H,64,65)(H2,61,62,63)/b10-9-,13-12-,16-15-,19-18-,26-23?,34-33+/t38-,39+,40-,41-,42-,43+,46+,47+,48-,49+,50+,51-/m0/s1. The summed E-state index contributed by atoms with van der Waals surface area (Å²) in [5.74, 6) is -4.55. The number of aliphatic hydroxyl groups excluding tert-OH is 7. The van der Waals surface area contributed by atoms with E-state index >= 15 is 0 Å². The Morgan fingerprint density at radius 3 is 2.04 bits per heavy atom. The molecule has 21 heteroatoms. The molecule has 1 heterocycles. The van der Waals surface area contributed by atoms with E-state index in [9.17, 15) is 69.1 Å². The molecule has 1 aliphatic carbocycles. The summed E-state index contributed by atoms with van der Waals surface area (Å²) < 4.78 is 52.2. The van der Waals surface area contributed by atoms with Crippen molar-refractivity contribution in [1.29, 1.82) is 0 Å². The maximum absolute atomic E-state index is 13.7. The fourth-order valence-electron chi connectivity index (χ4n) is 8.18. The highest BCUT2D eigenvalue weighted by atomic mass is 31.2. The summed E-state index contributed by atoms with van der Waals surface area (Å²) in [6.45, 7) is 2.53. The predicted octanol–water partition coefficient (Wildman–Crippen LogP) is 6.78. The number of phosphoric ester groups is 2. The third-order valence-electron chi connectivity index (χ3n) is 12.3. The van der Waals surface area contributed by atoms with E-state index in [-0.39, 0.29) is 38.5 Å². The molecule has 0 aromatic carbocycles. The minimum absolute atomic E-state index is 0.0156. The third-order valence-corrected chi connectivity index (χ3v) is 13.8. The number of esters is 2. The Hall–Kier alpha value is -2.68. The average Bonchev–Trinajstić information content (AvgIpc) is 3.32. The topological polar surface area (TPSA) is 317 Å². The zero-order valence-electron chi connectivity index (χ0n) is 42.2. The molecule has 10 N–H and O–H groups in total. The molecule has 13 atom stereocenters. The molecule has 0 saturated heterocycles. The number of carbonyl (C=O) groups is 2. The van der Waals surface area contributed by atoms with Crippen LogP contribution in [0, 0.1) is 11.8 Å². The first-order valence-electron chi connectivity index (χ1n) is 25.7. The quantitative estimate of drug-likeness (QED) is 0.0185. The molecule has 0 amide bonds. The molecular formula is C51H86O19P2. The Balaban J connectivity index is 2.22. The highest BCUT2D eigenvalue weighted by Crippen LogP contribution is 2.50. The summed E-state index contributed by atoms with van der Waals surface area (Å²) in [5.41, 5.74) is 0. The highest BCUT2D eigenvalue weighted by Gasteiger charge is 2.51. The molecule has 1 aliphatic heterocycles. The van der Waals surface area contributed by atoms with Crippen molar-refractivity contribution in [3.63, 3.8) is 0 Å². The van der Waals surface area contributed by atoms with Gasteiger partial charge >= 0.3 is 27.6 Å². The van der Waals surface area contributed by atoms with Crippen LogP contribution in [0.4, 0.5) is 0 Å². The Morgan fingerprint density at radius 1 is 0.806 bits per heavy atom. The Kier molecular flexibility index (Phi) is 33.7. The summed E-state index contributed by atoms with van der Waals surface area (Å²) in [5, 5.41) is 79.7. The maximum atomic E-state index is 13.7. The zero-order valence-corrected chi connectivity index (χ0v) is 43.9. The molecule has 19 nitrogen and oxygen atoms in total. The van der Waals surface area contributed by atoms with E-state index in [2.05, 4.69) is 55.5 Å². The van der Waals surface area contributed by atoms with Gasteiger partial charge in [0.1, 0.15) is 31.0 Å². The van der Waals surface area contributed by atoms with Gasteiger partial charge < -0.3 is 59.9 Å². The Labute approximate surface area is 426 Å². The number of unbranched alkanes of at least 4 members (excludes halogenated alkanes) is 8. The van der Waals surface area contributed by atoms with E-state index in [1.165, 1.54) is 31.4 Å². The lowest BCUT2D eigenvalue weighted by atomic mass is 9.83. The van der Waals surface area contributed by atoms with Crippen LogP contribution in [0.15, 0.2) is 72.9 Å². The molecule has 0 radical (unpaired) electrons. The lowest BCUT2D eigenvalue weighted by Gasteiger charge is -2.38. The largest absolute Gasteiger partial charge is 0.472 e. The number of fused-ring (bicyclic) bond motifs is 4. The molecular weight excluding hydrogens is 978 g/mol. The molecule has 0 aromatic heterocycles. The SMILES string of the molecule is CCCCC/C=C\C/C=C\C/C=C\C/C=C\CCCCCC(=O)OC[C@@H]1COP(=O)(O)O[C@H]2[C@H](O)[C@@H](O)[C@H](O)[C@@H](CC=CCCCC(=O)O1)[C@@H](O)C[C@@H](O)[C@H](/C=C/[C@@H](O)CCCCC)[C@@H](O)[C@H]2OP(=O)(O)O. The van der Waals surface area contributed by atoms with Gasteiger partial charge in [0.05, 0.1) is 37.1 Å². The highest BCUT2D eigenvalue weighted by molar-refractivity contribution is 7.47. The van der Waals surface area contributed by atoms with Crippen molar-refractivity contribution in [1.82, 2.24) is 0 Å². The monoisotopic (exact) mass is 1060 g/mol. The molecule has 1 unspecified atom stereocenters. The molecule has 1 fully saturated rings. The van der Waals surface area contributed by atoms with Gasteiger partial charge in [0.25, 0.3) is 0 Å². The van der Waals surface area contributed by atoms with Gasteiger partial charge in [-0.15, -0.1) is 0 Å². The molecule has 1 saturated carbocycles. The number of allylic oxidation sites excluding steroid dienone is 10. The summed E-state index contributed by atoms with van der Waals surface area (Å²) in [7, 11) is -11.5.